The summed E-state index contributed by atoms with van der Waals surface area (Å²) in [5.41, 5.74) is 15.5. The van der Waals surface area contributed by atoms with Crippen LogP contribution in [-0.2, 0) is 5.41 Å². The molecule has 10 aromatic rings. The van der Waals surface area contributed by atoms with Gasteiger partial charge in [0.15, 0.2) is 17.5 Å². The molecule has 0 fully saturated rings. The van der Waals surface area contributed by atoms with Gasteiger partial charge in [0, 0.05) is 16.7 Å². The lowest BCUT2D eigenvalue weighted by Gasteiger charge is -2.30. The van der Waals surface area contributed by atoms with Crippen LogP contribution in [0.15, 0.2) is 200 Å². The van der Waals surface area contributed by atoms with Gasteiger partial charge in [-0.1, -0.05) is 188 Å². The van der Waals surface area contributed by atoms with Gasteiger partial charge in [0.2, 0.25) is 0 Å². The van der Waals surface area contributed by atoms with Gasteiger partial charge in [-0.3, -0.25) is 0 Å². The number of rotatable bonds is 4. The Labute approximate surface area is 330 Å². The van der Waals surface area contributed by atoms with E-state index >= 15 is 0 Å². The molecule has 0 radical (unpaired) electrons. The van der Waals surface area contributed by atoms with Crippen molar-refractivity contribution in [1.29, 1.82) is 0 Å². The van der Waals surface area contributed by atoms with Gasteiger partial charge in [-0.05, 0) is 89.3 Å². The maximum absolute atomic E-state index is 5.21. The molecular weight excluding hydrogens is 691 g/mol. The molecule has 0 aliphatic heterocycles. The van der Waals surface area contributed by atoms with E-state index in [4.69, 9.17) is 15.0 Å². The van der Waals surface area contributed by atoms with Gasteiger partial charge in [-0.2, -0.15) is 0 Å². The number of fused-ring (bicyclic) bond motifs is 12. The number of benzene rings is 9. The zero-order valence-electron chi connectivity index (χ0n) is 30.9. The van der Waals surface area contributed by atoms with Gasteiger partial charge in [0.1, 0.15) is 0 Å². The normalized spacial score (nSPS) is 13.1. The summed E-state index contributed by atoms with van der Waals surface area (Å²) in [6.07, 6.45) is 0. The van der Waals surface area contributed by atoms with Crippen molar-refractivity contribution < 1.29 is 0 Å². The van der Waals surface area contributed by atoms with Crippen molar-refractivity contribution in [2.24, 2.45) is 0 Å². The van der Waals surface area contributed by atoms with Crippen LogP contribution in [0.1, 0.15) is 22.3 Å². The molecule has 1 heterocycles. The largest absolute Gasteiger partial charge is 0.208 e. The average molecular weight is 724 g/mol. The van der Waals surface area contributed by atoms with E-state index in [9.17, 15) is 0 Å². The molecule has 264 valence electrons. The fourth-order valence-corrected chi connectivity index (χ4v) is 9.77. The van der Waals surface area contributed by atoms with Crippen molar-refractivity contribution >= 4 is 21.5 Å². The molecule has 2 aliphatic rings. The lowest BCUT2D eigenvalue weighted by atomic mass is 9.70. The Kier molecular flexibility index (Phi) is 6.84. The molecule has 1 aromatic heterocycles. The van der Waals surface area contributed by atoms with E-state index < -0.39 is 5.41 Å². The number of hydrogen-bond acceptors (Lipinski definition) is 3. The second kappa shape index (κ2) is 12.3. The lowest BCUT2D eigenvalue weighted by molar-refractivity contribution is 0.794. The quantitative estimate of drug-likeness (QED) is 0.181. The Morgan fingerprint density at radius 1 is 0.281 bits per heavy atom. The summed E-state index contributed by atoms with van der Waals surface area (Å²) in [6, 6.07) is 72.2. The maximum atomic E-state index is 5.21. The van der Waals surface area contributed by atoms with E-state index in [2.05, 4.69) is 182 Å². The van der Waals surface area contributed by atoms with E-state index in [1.54, 1.807) is 0 Å². The first-order valence-corrected chi connectivity index (χ1v) is 19.5. The van der Waals surface area contributed by atoms with Crippen LogP contribution in [0.2, 0.25) is 0 Å². The van der Waals surface area contributed by atoms with E-state index in [1.807, 2.05) is 18.2 Å². The van der Waals surface area contributed by atoms with Crippen LogP contribution >= 0.6 is 0 Å². The second-order valence-corrected chi connectivity index (χ2v) is 15.1. The molecule has 0 saturated heterocycles. The topological polar surface area (TPSA) is 38.7 Å². The van der Waals surface area contributed by atoms with Crippen LogP contribution in [0, 0.1) is 0 Å². The zero-order valence-corrected chi connectivity index (χ0v) is 30.9. The molecule has 1 spiro atoms. The molecule has 0 saturated carbocycles. The zero-order chi connectivity index (χ0) is 37.5. The molecule has 0 atom stereocenters. The second-order valence-electron chi connectivity index (χ2n) is 15.1. The average Bonchev–Trinajstić information content (AvgIpc) is 3.76. The van der Waals surface area contributed by atoms with Crippen LogP contribution < -0.4 is 0 Å². The first-order chi connectivity index (χ1) is 28.3. The number of aromatic nitrogens is 3. The van der Waals surface area contributed by atoms with Gasteiger partial charge in [-0.15, -0.1) is 0 Å². The maximum Gasteiger partial charge on any atom is 0.164 e. The molecule has 0 bridgehead atoms. The smallest absolute Gasteiger partial charge is 0.164 e. The monoisotopic (exact) mass is 723 g/mol. The SMILES string of the molecule is c1ccc(-c2nc(-c3ccc4ccccc4c3)nc(-c3ccc(-c4cccc5c4-c4ccccc4C54c5ccccc5-c5ccccc54)c4ccccc34)n2)cc1. The third-order valence-corrected chi connectivity index (χ3v) is 12.2. The van der Waals surface area contributed by atoms with Crippen LogP contribution in [0.5, 0.6) is 0 Å². The number of nitrogens with zero attached hydrogens (tertiary/aromatic N) is 3. The standard InChI is InChI=1S/C54H33N3/c1-2-16-35(17-3-1)51-55-52(37-30-29-34-15-4-5-18-36(34)33-37)57-53(56-51)44-32-31-40(38-19-6-7-20-39(38)44)43-24-14-28-49-50(43)45-23-10-13-27-48(45)54(49)46-25-11-8-21-41(46)42-22-9-12-26-47(42)54/h1-33H. The Morgan fingerprint density at radius 2 is 0.789 bits per heavy atom. The Morgan fingerprint density at radius 3 is 1.53 bits per heavy atom. The van der Waals surface area contributed by atoms with Crippen LogP contribution in [0.4, 0.5) is 0 Å². The molecule has 57 heavy (non-hydrogen) atoms. The summed E-state index contributed by atoms with van der Waals surface area (Å²) in [4.78, 5) is 15.4. The fraction of sp³-hybridized carbons (Fsp3) is 0.0185. The van der Waals surface area contributed by atoms with Gasteiger partial charge >= 0.3 is 0 Å². The van der Waals surface area contributed by atoms with E-state index in [0.29, 0.717) is 17.5 Å². The summed E-state index contributed by atoms with van der Waals surface area (Å²) < 4.78 is 0. The molecule has 2 aliphatic carbocycles. The molecular formula is C54H33N3. The fourth-order valence-electron chi connectivity index (χ4n) is 9.77. The third kappa shape index (κ3) is 4.57. The first kappa shape index (κ1) is 31.8. The minimum Gasteiger partial charge on any atom is -0.208 e. The summed E-state index contributed by atoms with van der Waals surface area (Å²) >= 11 is 0. The molecule has 0 amide bonds. The van der Waals surface area contributed by atoms with Crippen molar-refractivity contribution in [3.05, 3.63) is 222 Å². The minimum absolute atomic E-state index is 0.400. The summed E-state index contributed by atoms with van der Waals surface area (Å²) in [5, 5.41) is 4.59. The van der Waals surface area contributed by atoms with E-state index in [0.717, 1.165) is 32.8 Å². The summed E-state index contributed by atoms with van der Waals surface area (Å²) in [5.74, 6) is 1.95. The molecule has 3 heteroatoms. The highest BCUT2D eigenvalue weighted by molar-refractivity contribution is 6.09. The van der Waals surface area contributed by atoms with E-state index in [1.165, 1.54) is 61.0 Å². The van der Waals surface area contributed by atoms with Crippen LogP contribution in [-0.4, -0.2) is 15.0 Å². The van der Waals surface area contributed by atoms with Crippen LogP contribution in [0.3, 0.4) is 0 Å². The molecule has 9 aromatic carbocycles. The molecule has 12 rings (SSSR count). The number of hydrogen-bond donors (Lipinski definition) is 0. The first-order valence-electron chi connectivity index (χ1n) is 19.5. The van der Waals surface area contributed by atoms with Gasteiger partial charge < -0.3 is 0 Å². The molecule has 0 N–H and O–H groups in total. The summed E-state index contributed by atoms with van der Waals surface area (Å²) in [6.45, 7) is 0. The third-order valence-electron chi connectivity index (χ3n) is 12.2. The highest BCUT2D eigenvalue weighted by Crippen LogP contribution is 2.64. The van der Waals surface area contributed by atoms with Crippen LogP contribution in [0.25, 0.3) is 89.1 Å². The van der Waals surface area contributed by atoms with Gasteiger partial charge in [-0.25, -0.2) is 15.0 Å². The predicted octanol–water partition coefficient (Wildman–Crippen LogP) is 13.2. The highest BCUT2D eigenvalue weighted by atomic mass is 15.0. The van der Waals surface area contributed by atoms with Gasteiger partial charge in [0.25, 0.3) is 0 Å². The van der Waals surface area contributed by atoms with Crippen molar-refractivity contribution in [2.45, 2.75) is 5.41 Å². The minimum atomic E-state index is -0.400. The van der Waals surface area contributed by atoms with Crippen molar-refractivity contribution in [3.8, 4) is 67.5 Å². The van der Waals surface area contributed by atoms with Crippen molar-refractivity contribution in [3.63, 3.8) is 0 Å². The molecule has 0 unspecified atom stereocenters. The van der Waals surface area contributed by atoms with E-state index in [-0.39, 0.29) is 0 Å². The Balaban J connectivity index is 1.08. The summed E-state index contributed by atoms with van der Waals surface area (Å²) in [7, 11) is 0. The van der Waals surface area contributed by atoms with Crippen molar-refractivity contribution in [1.82, 2.24) is 15.0 Å². The Bertz CT molecular complexity index is 3210. The highest BCUT2D eigenvalue weighted by Gasteiger charge is 2.52. The van der Waals surface area contributed by atoms with Gasteiger partial charge in [0.05, 0.1) is 5.41 Å². The molecule has 3 nitrogen and oxygen atoms in total. The lowest BCUT2D eigenvalue weighted by Crippen LogP contribution is -2.25. The Hall–Kier alpha value is -7.49. The van der Waals surface area contributed by atoms with Crippen molar-refractivity contribution in [2.75, 3.05) is 0 Å². The predicted molar refractivity (Wildman–Crippen MR) is 233 cm³/mol.